The van der Waals surface area contributed by atoms with E-state index in [1.54, 1.807) is 0 Å². The van der Waals surface area contributed by atoms with Gasteiger partial charge >= 0.3 is 0 Å². The topological polar surface area (TPSA) is 55.6 Å². The van der Waals surface area contributed by atoms with Gasteiger partial charge in [0.1, 0.15) is 5.54 Å². The third-order valence-electron chi connectivity index (χ3n) is 5.81. The molecule has 6 heteroatoms. The van der Waals surface area contributed by atoms with Crippen molar-refractivity contribution in [3.8, 4) is 0 Å². The Bertz CT molecular complexity index is 414. The molecule has 21 heavy (non-hydrogen) atoms. The van der Waals surface area contributed by atoms with Crippen molar-refractivity contribution >= 4 is 30.1 Å². The summed E-state index contributed by atoms with van der Waals surface area (Å²) >= 11 is 1.93. The van der Waals surface area contributed by atoms with Crippen LogP contribution in [0.3, 0.4) is 0 Å². The average Bonchev–Trinajstić information content (AvgIpc) is 2.99. The maximum absolute atomic E-state index is 13.0. The molecule has 0 spiro atoms. The molecular formula is C15H27ClN2O2S. The molecule has 4 nitrogen and oxygen atoms in total. The number of thioether (sulfide) groups is 1. The van der Waals surface area contributed by atoms with Gasteiger partial charge in [-0.1, -0.05) is 13.8 Å². The number of carbonyl (C=O) groups excluding carboxylic acids is 1. The normalized spacial score (nSPS) is 40.7. The number of nitrogens with zero attached hydrogens (tertiary/aromatic N) is 1. The summed E-state index contributed by atoms with van der Waals surface area (Å²) in [5.41, 5.74) is 5.65. The first-order valence-electron chi connectivity index (χ1n) is 7.66. The van der Waals surface area contributed by atoms with Crippen LogP contribution in [0.2, 0.25) is 0 Å². The number of halogens is 1. The molecule has 2 saturated heterocycles. The standard InChI is InChI=1S/C15H26N2O2S.ClH/c1-14(2)12-11(5-4-7-19-12)15(14,16)13(18)17(3)10-6-8-20-9-10;/h10-12H,4-9,16H2,1-3H3;1H. The molecule has 0 radical (unpaired) electrons. The first-order chi connectivity index (χ1) is 9.40. The second-order valence-corrected chi connectivity index (χ2v) is 8.21. The van der Waals surface area contributed by atoms with E-state index in [-0.39, 0.29) is 35.8 Å². The Labute approximate surface area is 137 Å². The van der Waals surface area contributed by atoms with Crippen LogP contribution in [0.5, 0.6) is 0 Å². The molecule has 1 aliphatic carbocycles. The molecule has 3 rings (SSSR count). The number of amides is 1. The van der Waals surface area contributed by atoms with Crippen LogP contribution in [0.25, 0.3) is 0 Å². The van der Waals surface area contributed by atoms with Crippen molar-refractivity contribution < 1.29 is 9.53 Å². The quantitative estimate of drug-likeness (QED) is 0.838. The summed E-state index contributed by atoms with van der Waals surface area (Å²) in [6.07, 6.45) is 3.28. The minimum Gasteiger partial charge on any atom is -0.377 e. The molecule has 0 bridgehead atoms. The molecule has 0 aromatic carbocycles. The monoisotopic (exact) mass is 334 g/mol. The third kappa shape index (κ3) is 2.32. The Balaban J connectivity index is 0.00000161. The summed E-state index contributed by atoms with van der Waals surface area (Å²) in [7, 11) is 1.93. The lowest BCUT2D eigenvalue weighted by Crippen LogP contribution is -2.82. The van der Waals surface area contributed by atoms with Crippen molar-refractivity contribution in [3.63, 3.8) is 0 Å². The molecule has 0 aromatic rings. The second-order valence-electron chi connectivity index (χ2n) is 7.06. The maximum atomic E-state index is 13.0. The zero-order chi connectivity index (χ0) is 14.5. The van der Waals surface area contributed by atoms with Gasteiger partial charge in [-0.3, -0.25) is 4.79 Å². The summed E-state index contributed by atoms with van der Waals surface area (Å²) in [6.45, 7) is 4.99. The molecule has 0 aromatic heterocycles. The first kappa shape index (κ1) is 17.4. The Morgan fingerprint density at radius 3 is 2.71 bits per heavy atom. The molecule has 2 heterocycles. The highest BCUT2D eigenvalue weighted by Gasteiger charge is 2.70. The van der Waals surface area contributed by atoms with Gasteiger partial charge in [0.05, 0.1) is 6.10 Å². The molecule has 3 aliphatic rings. The fraction of sp³-hybridized carbons (Fsp3) is 0.933. The summed E-state index contributed by atoms with van der Waals surface area (Å²) in [5.74, 6) is 2.51. The van der Waals surface area contributed by atoms with Crippen molar-refractivity contribution in [3.05, 3.63) is 0 Å². The van der Waals surface area contributed by atoms with Crippen LogP contribution in [0.4, 0.5) is 0 Å². The van der Waals surface area contributed by atoms with Crippen LogP contribution in [0, 0.1) is 11.3 Å². The van der Waals surface area contributed by atoms with Gasteiger partial charge < -0.3 is 15.4 Å². The van der Waals surface area contributed by atoms with Crippen molar-refractivity contribution in [2.24, 2.45) is 17.1 Å². The van der Waals surface area contributed by atoms with Crippen LogP contribution >= 0.6 is 24.2 Å². The second kappa shape index (κ2) is 5.91. The lowest BCUT2D eigenvalue weighted by Gasteiger charge is -2.65. The van der Waals surface area contributed by atoms with Gasteiger partial charge in [0, 0.05) is 36.8 Å². The lowest BCUT2D eigenvalue weighted by atomic mass is 9.46. The van der Waals surface area contributed by atoms with Crippen LogP contribution in [-0.4, -0.2) is 53.7 Å². The Hall–Kier alpha value is 0.0300. The third-order valence-corrected chi connectivity index (χ3v) is 6.96. The van der Waals surface area contributed by atoms with Crippen LogP contribution in [0.15, 0.2) is 0 Å². The van der Waals surface area contributed by atoms with Crippen LogP contribution in [-0.2, 0) is 9.53 Å². The zero-order valence-electron chi connectivity index (χ0n) is 13.1. The van der Waals surface area contributed by atoms with Gasteiger partial charge in [-0.05, 0) is 25.0 Å². The predicted molar refractivity (Wildman–Crippen MR) is 88.9 cm³/mol. The van der Waals surface area contributed by atoms with Gasteiger partial charge in [0.25, 0.3) is 0 Å². The van der Waals surface area contributed by atoms with E-state index < -0.39 is 5.54 Å². The van der Waals surface area contributed by atoms with Crippen LogP contribution < -0.4 is 5.73 Å². The predicted octanol–water partition coefficient (Wildman–Crippen LogP) is 1.90. The highest BCUT2D eigenvalue weighted by Crippen LogP contribution is 2.58. The van der Waals surface area contributed by atoms with Gasteiger partial charge in [-0.15, -0.1) is 12.4 Å². The Morgan fingerprint density at radius 2 is 2.10 bits per heavy atom. The summed E-state index contributed by atoms with van der Waals surface area (Å²) < 4.78 is 5.89. The Kier molecular flexibility index (Phi) is 4.89. The molecule has 4 unspecified atom stereocenters. The largest absolute Gasteiger partial charge is 0.377 e. The maximum Gasteiger partial charge on any atom is 0.243 e. The lowest BCUT2D eigenvalue weighted by molar-refractivity contribution is -0.230. The first-order valence-corrected chi connectivity index (χ1v) is 8.81. The molecule has 2 N–H and O–H groups in total. The zero-order valence-corrected chi connectivity index (χ0v) is 14.8. The smallest absolute Gasteiger partial charge is 0.243 e. The number of hydrogen-bond acceptors (Lipinski definition) is 4. The minimum absolute atomic E-state index is 0. The number of fused-ring (bicyclic) bond motifs is 1. The average molecular weight is 335 g/mol. The van der Waals surface area contributed by atoms with Crippen molar-refractivity contribution in [2.75, 3.05) is 25.2 Å². The Morgan fingerprint density at radius 1 is 1.38 bits per heavy atom. The van der Waals surface area contributed by atoms with E-state index in [9.17, 15) is 4.79 Å². The molecule has 122 valence electrons. The summed E-state index contributed by atoms with van der Waals surface area (Å²) in [4.78, 5) is 15.0. The van der Waals surface area contributed by atoms with Crippen molar-refractivity contribution in [1.29, 1.82) is 0 Å². The van der Waals surface area contributed by atoms with E-state index in [1.165, 1.54) is 0 Å². The SMILES string of the molecule is CN(C(=O)C1(N)C2CCCOC2C1(C)C)C1CCSC1.Cl. The number of ether oxygens (including phenoxy) is 1. The van der Waals surface area contributed by atoms with Crippen molar-refractivity contribution in [2.45, 2.75) is 50.8 Å². The molecule has 4 atom stereocenters. The summed E-state index contributed by atoms with van der Waals surface area (Å²) in [6, 6.07) is 0.354. The molecule has 3 fully saturated rings. The molecule has 1 saturated carbocycles. The van der Waals surface area contributed by atoms with E-state index in [0.717, 1.165) is 37.4 Å². The van der Waals surface area contributed by atoms with Gasteiger partial charge in [0.15, 0.2) is 0 Å². The fourth-order valence-electron chi connectivity index (χ4n) is 4.30. The number of likely N-dealkylation sites (N-methyl/N-ethyl adjacent to an activating group) is 1. The number of carbonyl (C=O) groups is 1. The van der Waals surface area contributed by atoms with E-state index in [1.807, 2.05) is 23.7 Å². The number of nitrogens with two attached hydrogens (primary N) is 1. The van der Waals surface area contributed by atoms with Crippen LogP contribution in [0.1, 0.15) is 33.1 Å². The minimum atomic E-state index is -0.750. The van der Waals surface area contributed by atoms with Crippen molar-refractivity contribution in [1.82, 2.24) is 4.90 Å². The summed E-state index contributed by atoms with van der Waals surface area (Å²) in [5, 5.41) is 0. The highest BCUT2D eigenvalue weighted by molar-refractivity contribution is 7.99. The van der Waals surface area contributed by atoms with E-state index >= 15 is 0 Å². The number of rotatable bonds is 2. The van der Waals surface area contributed by atoms with Gasteiger partial charge in [-0.2, -0.15) is 11.8 Å². The number of hydrogen-bond donors (Lipinski definition) is 1. The molecule has 1 amide bonds. The molecular weight excluding hydrogens is 308 g/mol. The van der Waals surface area contributed by atoms with E-state index in [2.05, 4.69) is 13.8 Å². The van der Waals surface area contributed by atoms with E-state index in [4.69, 9.17) is 10.5 Å². The highest BCUT2D eigenvalue weighted by atomic mass is 35.5. The van der Waals surface area contributed by atoms with Gasteiger partial charge in [-0.25, -0.2) is 0 Å². The van der Waals surface area contributed by atoms with E-state index in [0.29, 0.717) is 6.04 Å². The fourth-order valence-corrected chi connectivity index (χ4v) is 5.56. The van der Waals surface area contributed by atoms with Gasteiger partial charge in [0.2, 0.25) is 5.91 Å². The molecule has 2 aliphatic heterocycles.